The van der Waals surface area contributed by atoms with Gasteiger partial charge in [-0.25, -0.2) is 0 Å². The molecule has 0 aliphatic carbocycles. The van der Waals surface area contributed by atoms with Crippen LogP contribution in [0.5, 0.6) is 0 Å². The SMILES string of the molecule is CCC(C)[C@H](N)C(=O)NC(C)Cc1ccccc1Cl. The zero-order valence-corrected chi connectivity index (χ0v) is 12.6. The first-order valence-corrected chi connectivity index (χ1v) is 7.12. The van der Waals surface area contributed by atoms with Crippen molar-refractivity contribution in [2.45, 2.75) is 45.7 Å². The van der Waals surface area contributed by atoms with Gasteiger partial charge in [0.05, 0.1) is 6.04 Å². The number of benzene rings is 1. The topological polar surface area (TPSA) is 55.1 Å². The molecule has 19 heavy (non-hydrogen) atoms. The van der Waals surface area contributed by atoms with E-state index in [1.165, 1.54) is 0 Å². The molecule has 3 nitrogen and oxygen atoms in total. The average molecular weight is 283 g/mol. The number of nitrogens with one attached hydrogen (secondary N) is 1. The van der Waals surface area contributed by atoms with Gasteiger partial charge in [0.15, 0.2) is 0 Å². The van der Waals surface area contributed by atoms with Gasteiger partial charge < -0.3 is 11.1 Å². The number of halogens is 1. The highest BCUT2D eigenvalue weighted by Crippen LogP contribution is 2.16. The molecule has 3 atom stereocenters. The van der Waals surface area contributed by atoms with Crippen molar-refractivity contribution in [1.29, 1.82) is 0 Å². The van der Waals surface area contributed by atoms with Gasteiger partial charge in [-0.15, -0.1) is 0 Å². The predicted octanol–water partition coefficient (Wildman–Crippen LogP) is 2.76. The highest BCUT2D eigenvalue weighted by Gasteiger charge is 2.20. The van der Waals surface area contributed by atoms with E-state index in [1.807, 2.05) is 45.0 Å². The second-order valence-electron chi connectivity index (χ2n) is 5.12. The average Bonchev–Trinajstić information content (AvgIpc) is 2.39. The summed E-state index contributed by atoms with van der Waals surface area (Å²) in [6.45, 7) is 5.98. The lowest BCUT2D eigenvalue weighted by Crippen LogP contribution is -2.48. The Labute approximate surface area is 120 Å². The Balaban J connectivity index is 2.54. The van der Waals surface area contributed by atoms with Crippen LogP contribution in [0.25, 0.3) is 0 Å². The molecule has 2 unspecified atom stereocenters. The van der Waals surface area contributed by atoms with Crippen molar-refractivity contribution in [2.75, 3.05) is 0 Å². The van der Waals surface area contributed by atoms with Crippen molar-refractivity contribution in [3.05, 3.63) is 34.9 Å². The third kappa shape index (κ3) is 4.84. The smallest absolute Gasteiger partial charge is 0.237 e. The molecule has 0 bridgehead atoms. The molecule has 0 aliphatic rings. The minimum atomic E-state index is -0.446. The van der Waals surface area contributed by atoms with Crippen LogP contribution in [0.4, 0.5) is 0 Å². The number of carbonyl (C=O) groups is 1. The van der Waals surface area contributed by atoms with Crippen LogP contribution >= 0.6 is 11.6 Å². The van der Waals surface area contributed by atoms with E-state index in [0.29, 0.717) is 6.42 Å². The Morgan fingerprint density at radius 2 is 2.00 bits per heavy atom. The van der Waals surface area contributed by atoms with E-state index in [-0.39, 0.29) is 17.9 Å². The van der Waals surface area contributed by atoms with Crippen LogP contribution in [-0.4, -0.2) is 18.0 Å². The van der Waals surface area contributed by atoms with Crippen molar-refractivity contribution >= 4 is 17.5 Å². The first-order chi connectivity index (χ1) is 8.95. The van der Waals surface area contributed by atoms with Gasteiger partial charge in [-0.3, -0.25) is 4.79 Å². The molecule has 3 N–H and O–H groups in total. The number of rotatable bonds is 6. The van der Waals surface area contributed by atoms with Crippen LogP contribution in [0.2, 0.25) is 5.02 Å². The fourth-order valence-corrected chi connectivity index (χ4v) is 2.11. The summed E-state index contributed by atoms with van der Waals surface area (Å²) in [5, 5.41) is 3.68. The molecule has 0 saturated carbocycles. The molecule has 0 fully saturated rings. The molecular weight excluding hydrogens is 260 g/mol. The molecule has 0 aromatic heterocycles. The molecule has 4 heteroatoms. The minimum absolute atomic E-state index is 0.0162. The fraction of sp³-hybridized carbons (Fsp3) is 0.533. The first-order valence-electron chi connectivity index (χ1n) is 6.75. The van der Waals surface area contributed by atoms with Gasteiger partial charge >= 0.3 is 0 Å². The lowest BCUT2D eigenvalue weighted by atomic mass is 9.98. The van der Waals surface area contributed by atoms with Crippen LogP contribution in [0, 0.1) is 5.92 Å². The molecule has 106 valence electrons. The summed E-state index contributed by atoms with van der Waals surface area (Å²) < 4.78 is 0. The standard InChI is InChI=1S/C15H23ClN2O/c1-4-10(2)14(17)15(19)18-11(3)9-12-7-5-6-8-13(12)16/h5-8,10-11,14H,4,9,17H2,1-3H3,(H,18,19)/t10?,11?,14-/m0/s1. The van der Waals surface area contributed by atoms with Crippen LogP contribution in [0.15, 0.2) is 24.3 Å². The van der Waals surface area contributed by atoms with Crippen molar-refractivity contribution in [3.8, 4) is 0 Å². The van der Waals surface area contributed by atoms with E-state index in [9.17, 15) is 4.79 Å². The monoisotopic (exact) mass is 282 g/mol. The maximum atomic E-state index is 12.0. The fourth-order valence-electron chi connectivity index (χ4n) is 1.90. The van der Waals surface area contributed by atoms with Crippen molar-refractivity contribution in [1.82, 2.24) is 5.32 Å². The Morgan fingerprint density at radius 1 is 1.37 bits per heavy atom. The lowest BCUT2D eigenvalue weighted by Gasteiger charge is -2.21. The van der Waals surface area contributed by atoms with E-state index in [2.05, 4.69) is 5.32 Å². The van der Waals surface area contributed by atoms with Gasteiger partial charge in [0, 0.05) is 11.1 Å². The van der Waals surface area contributed by atoms with Crippen molar-refractivity contribution in [3.63, 3.8) is 0 Å². The molecule has 1 aromatic carbocycles. The van der Waals surface area contributed by atoms with E-state index in [4.69, 9.17) is 17.3 Å². The number of amides is 1. The molecule has 0 saturated heterocycles. The van der Waals surface area contributed by atoms with Crippen LogP contribution in [-0.2, 0) is 11.2 Å². The third-order valence-electron chi connectivity index (χ3n) is 3.43. The summed E-state index contributed by atoms with van der Waals surface area (Å²) >= 11 is 6.10. The second-order valence-corrected chi connectivity index (χ2v) is 5.52. The Morgan fingerprint density at radius 3 is 2.58 bits per heavy atom. The van der Waals surface area contributed by atoms with E-state index in [0.717, 1.165) is 17.0 Å². The molecule has 0 aliphatic heterocycles. The predicted molar refractivity (Wildman–Crippen MR) is 80.2 cm³/mol. The number of carbonyl (C=O) groups excluding carboxylic acids is 1. The molecule has 1 amide bonds. The second kappa shape index (κ2) is 7.51. The molecule has 0 radical (unpaired) electrons. The normalized spacial score (nSPS) is 15.6. The number of nitrogens with two attached hydrogens (primary N) is 1. The molecular formula is C15H23ClN2O. The highest BCUT2D eigenvalue weighted by atomic mass is 35.5. The summed E-state index contributed by atoms with van der Waals surface area (Å²) in [7, 11) is 0. The van der Waals surface area contributed by atoms with E-state index < -0.39 is 6.04 Å². The molecule has 1 rings (SSSR count). The van der Waals surface area contributed by atoms with Gasteiger partial charge in [0.25, 0.3) is 0 Å². The Hall–Kier alpha value is -1.06. The quantitative estimate of drug-likeness (QED) is 0.843. The number of hydrogen-bond donors (Lipinski definition) is 2. The summed E-state index contributed by atoms with van der Waals surface area (Å²) in [5.41, 5.74) is 6.94. The Kier molecular flexibility index (Phi) is 6.32. The maximum Gasteiger partial charge on any atom is 0.237 e. The summed E-state index contributed by atoms with van der Waals surface area (Å²) in [5.74, 6) is 0.0985. The maximum absolute atomic E-state index is 12.0. The van der Waals surface area contributed by atoms with Gasteiger partial charge in [0.1, 0.15) is 0 Å². The van der Waals surface area contributed by atoms with Crippen molar-refractivity contribution in [2.24, 2.45) is 11.7 Å². The number of hydrogen-bond acceptors (Lipinski definition) is 2. The molecule has 0 spiro atoms. The molecule has 1 aromatic rings. The minimum Gasteiger partial charge on any atom is -0.352 e. The van der Waals surface area contributed by atoms with Gasteiger partial charge in [0.2, 0.25) is 5.91 Å². The Bertz CT molecular complexity index is 422. The van der Waals surface area contributed by atoms with Crippen LogP contribution in [0.3, 0.4) is 0 Å². The summed E-state index contributed by atoms with van der Waals surface area (Å²) in [4.78, 5) is 12.0. The summed E-state index contributed by atoms with van der Waals surface area (Å²) in [6, 6.07) is 7.24. The van der Waals surface area contributed by atoms with E-state index in [1.54, 1.807) is 0 Å². The van der Waals surface area contributed by atoms with Crippen LogP contribution < -0.4 is 11.1 Å². The van der Waals surface area contributed by atoms with Crippen LogP contribution in [0.1, 0.15) is 32.8 Å². The van der Waals surface area contributed by atoms with Gasteiger partial charge in [-0.05, 0) is 30.9 Å². The summed E-state index contributed by atoms with van der Waals surface area (Å²) in [6.07, 6.45) is 1.60. The third-order valence-corrected chi connectivity index (χ3v) is 3.80. The first kappa shape index (κ1) is 16.0. The zero-order valence-electron chi connectivity index (χ0n) is 11.8. The molecule has 0 heterocycles. The van der Waals surface area contributed by atoms with E-state index >= 15 is 0 Å². The largest absolute Gasteiger partial charge is 0.352 e. The lowest BCUT2D eigenvalue weighted by molar-refractivity contribution is -0.124. The van der Waals surface area contributed by atoms with Gasteiger partial charge in [-0.1, -0.05) is 50.1 Å². The zero-order chi connectivity index (χ0) is 14.4. The van der Waals surface area contributed by atoms with Crippen molar-refractivity contribution < 1.29 is 4.79 Å². The highest BCUT2D eigenvalue weighted by molar-refractivity contribution is 6.31. The van der Waals surface area contributed by atoms with Gasteiger partial charge in [-0.2, -0.15) is 0 Å².